The molecule has 0 N–H and O–H groups in total. The first-order chi connectivity index (χ1) is 15.2. The van der Waals surface area contributed by atoms with E-state index in [2.05, 4.69) is 40.7 Å². The molecule has 1 unspecified atom stereocenters. The maximum Gasteiger partial charge on any atom is 0.230 e. The molecular formula is C24H28N4O2S. The summed E-state index contributed by atoms with van der Waals surface area (Å²) < 4.78 is 7.15. The Morgan fingerprint density at radius 1 is 1.13 bits per heavy atom. The molecule has 1 spiro atoms. The summed E-state index contributed by atoms with van der Waals surface area (Å²) >= 11 is 1.72. The van der Waals surface area contributed by atoms with E-state index in [1.165, 1.54) is 10.4 Å². The lowest BCUT2D eigenvalue weighted by Crippen LogP contribution is -2.38. The van der Waals surface area contributed by atoms with Crippen molar-refractivity contribution in [3.8, 4) is 16.3 Å². The Morgan fingerprint density at radius 2 is 1.97 bits per heavy atom. The van der Waals surface area contributed by atoms with Crippen LogP contribution in [-0.2, 0) is 16.1 Å². The molecule has 4 heterocycles. The van der Waals surface area contributed by atoms with Gasteiger partial charge >= 0.3 is 0 Å². The van der Waals surface area contributed by atoms with Crippen molar-refractivity contribution in [1.82, 2.24) is 19.6 Å². The number of ether oxygens (including phenoxy) is 1. The lowest BCUT2D eigenvalue weighted by molar-refractivity contribution is -0.136. The van der Waals surface area contributed by atoms with Gasteiger partial charge in [-0.1, -0.05) is 24.3 Å². The van der Waals surface area contributed by atoms with Crippen molar-refractivity contribution < 1.29 is 9.53 Å². The van der Waals surface area contributed by atoms with Gasteiger partial charge in [0.25, 0.3) is 0 Å². The number of para-hydroxylation sites is 1. The Labute approximate surface area is 187 Å². The van der Waals surface area contributed by atoms with Crippen LogP contribution in [0.4, 0.5) is 0 Å². The molecule has 0 saturated carbocycles. The average Bonchev–Trinajstić information content (AvgIpc) is 3.58. The predicted molar refractivity (Wildman–Crippen MR) is 122 cm³/mol. The summed E-state index contributed by atoms with van der Waals surface area (Å²) in [4.78, 5) is 18.7. The zero-order valence-electron chi connectivity index (χ0n) is 17.9. The van der Waals surface area contributed by atoms with Gasteiger partial charge in [-0.15, -0.1) is 11.3 Å². The molecule has 0 aliphatic carbocycles. The van der Waals surface area contributed by atoms with Gasteiger partial charge in [-0.2, -0.15) is 5.10 Å². The van der Waals surface area contributed by atoms with Gasteiger partial charge in [-0.05, 0) is 43.0 Å². The van der Waals surface area contributed by atoms with Crippen LogP contribution >= 0.6 is 11.3 Å². The van der Waals surface area contributed by atoms with Gasteiger partial charge in [0, 0.05) is 45.0 Å². The highest BCUT2D eigenvalue weighted by molar-refractivity contribution is 7.13. The first-order valence-electron chi connectivity index (χ1n) is 10.9. The van der Waals surface area contributed by atoms with Crippen molar-refractivity contribution >= 4 is 17.2 Å². The molecular weight excluding hydrogens is 408 g/mol. The quantitative estimate of drug-likeness (QED) is 0.567. The van der Waals surface area contributed by atoms with E-state index in [1.807, 2.05) is 27.8 Å². The molecule has 2 aromatic heterocycles. The van der Waals surface area contributed by atoms with E-state index in [1.54, 1.807) is 18.4 Å². The summed E-state index contributed by atoms with van der Waals surface area (Å²) in [6, 6.07) is 14.4. The Kier molecular flexibility index (Phi) is 5.65. The van der Waals surface area contributed by atoms with Crippen molar-refractivity contribution in [3.05, 3.63) is 59.6 Å². The van der Waals surface area contributed by atoms with Crippen molar-refractivity contribution in [3.63, 3.8) is 0 Å². The third-order valence-electron chi connectivity index (χ3n) is 6.56. The summed E-state index contributed by atoms with van der Waals surface area (Å²) in [7, 11) is 1.69. The second kappa shape index (κ2) is 8.57. The van der Waals surface area contributed by atoms with Crippen molar-refractivity contribution in [1.29, 1.82) is 0 Å². The minimum Gasteiger partial charge on any atom is -0.383 e. The monoisotopic (exact) mass is 436 g/mol. The van der Waals surface area contributed by atoms with Crippen LogP contribution in [0.25, 0.3) is 16.3 Å². The number of carbonyl (C=O) groups is 1. The van der Waals surface area contributed by atoms with Crippen LogP contribution in [0.15, 0.2) is 54.0 Å². The van der Waals surface area contributed by atoms with Gasteiger partial charge in [0.05, 0.1) is 22.6 Å². The fraction of sp³-hybridized carbons (Fsp3) is 0.417. The maximum atomic E-state index is 13.1. The molecule has 31 heavy (non-hydrogen) atoms. The van der Waals surface area contributed by atoms with Crippen molar-refractivity contribution in [2.75, 3.05) is 39.9 Å². The Hall–Kier alpha value is -2.48. The summed E-state index contributed by atoms with van der Waals surface area (Å²) in [5.74, 6) is 0.311. The van der Waals surface area contributed by atoms with Crippen molar-refractivity contribution in [2.45, 2.75) is 19.4 Å². The maximum absolute atomic E-state index is 13.1. The standard InChI is InChI=1S/C24H28N4O2S/c1-30-14-13-27-12-10-24(23(27)29)9-11-26(18-24)16-19-17-28(20-6-3-2-4-7-20)25-22(19)21-8-5-15-31-21/h2-8,15,17H,9-14,16,18H2,1H3. The van der Waals surface area contributed by atoms with Crippen LogP contribution in [0.2, 0.25) is 0 Å². The number of likely N-dealkylation sites (tertiary alicyclic amines) is 2. The number of carbonyl (C=O) groups excluding carboxylic acids is 1. The molecule has 7 heteroatoms. The summed E-state index contributed by atoms with van der Waals surface area (Å²) in [5.41, 5.74) is 3.10. The summed E-state index contributed by atoms with van der Waals surface area (Å²) in [5, 5.41) is 7.02. The molecule has 3 aromatic rings. The molecule has 2 aliphatic heterocycles. The van der Waals surface area contributed by atoms with Gasteiger partial charge in [-0.25, -0.2) is 4.68 Å². The van der Waals surface area contributed by atoms with Crippen LogP contribution < -0.4 is 0 Å². The molecule has 6 nitrogen and oxygen atoms in total. The zero-order chi connectivity index (χ0) is 21.3. The van der Waals surface area contributed by atoms with E-state index in [9.17, 15) is 4.79 Å². The first kappa shape index (κ1) is 20.4. The number of nitrogens with zero attached hydrogens (tertiary/aromatic N) is 4. The van der Waals surface area contributed by atoms with Crippen LogP contribution in [0.1, 0.15) is 18.4 Å². The van der Waals surface area contributed by atoms with Crippen LogP contribution in [-0.4, -0.2) is 65.4 Å². The molecule has 2 fully saturated rings. The number of hydrogen-bond acceptors (Lipinski definition) is 5. The molecule has 162 valence electrons. The Balaban J connectivity index is 1.36. The third kappa shape index (κ3) is 3.93. The second-order valence-corrected chi connectivity index (χ2v) is 9.48. The molecule has 2 aliphatic rings. The Morgan fingerprint density at radius 3 is 2.74 bits per heavy atom. The molecule has 2 saturated heterocycles. The van der Waals surface area contributed by atoms with Gasteiger partial charge < -0.3 is 9.64 Å². The Bertz CT molecular complexity index is 1030. The smallest absolute Gasteiger partial charge is 0.230 e. The second-order valence-electron chi connectivity index (χ2n) is 8.54. The normalized spacial score (nSPS) is 21.6. The van der Waals surface area contributed by atoms with Gasteiger partial charge in [0.1, 0.15) is 5.69 Å². The SMILES string of the molecule is COCCN1CCC2(CCN(Cc3cn(-c4ccccc4)nc3-c3cccs3)C2)C1=O. The minimum atomic E-state index is -0.216. The number of hydrogen-bond donors (Lipinski definition) is 0. The van der Waals surface area contributed by atoms with Crippen LogP contribution in [0.5, 0.6) is 0 Å². The van der Waals surface area contributed by atoms with E-state index < -0.39 is 0 Å². The first-order valence-corrected chi connectivity index (χ1v) is 11.7. The molecule has 1 atom stereocenters. The minimum absolute atomic E-state index is 0.216. The highest BCUT2D eigenvalue weighted by Crippen LogP contribution is 2.41. The molecule has 1 aromatic carbocycles. The number of thiophene rings is 1. The van der Waals surface area contributed by atoms with E-state index in [-0.39, 0.29) is 5.41 Å². The van der Waals surface area contributed by atoms with E-state index in [4.69, 9.17) is 9.84 Å². The van der Waals surface area contributed by atoms with E-state index >= 15 is 0 Å². The van der Waals surface area contributed by atoms with Gasteiger partial charge in [-0.3, -0.25) is 9.69 Å². The number of rotatable bonds is 7. The van der Waals surface area contributed by atoms with Gasteiger partial charge in [0.15, 0.2) is 0 Å². The lowest BCUT2D eigenvalue weighted by Gasteiger charge is -2.23. The van der Waals surface area contributed by atoms with E-state index in [0.29, 0.717) is 19.1 Å². The highest BCUT2D eigenvalue weighted by atomic mass is 32.1. The average molecular weight is 437 g/mol. The number of aromatic nitrogens is 2. The van der Waals surface area contributed by atoms with Crippen LogP contribution in [0, 0.1) is 5.41 Å². The molecule has 1 amide bonds. The number of benzene rings is 1. The number of amides is 1. The molecule has 5 rings (SSSR count). The fourth-order valence-corrected chi connectivity index (χ4v) is 5.62. The largest absolute Gasteiger partial charge is 0.383 e. The van der Waals surface area contributed by atoms with Crippen LogP contribution in [0.3, 0.4) is 0 Å². The number of methoxy groups -OCH3 is 1. The highest BCUT2D eigenvalue weighted by Gasteiger charge is 2.50. The van der Waals surface area contributed by atoms with Gasteiger partial charge in [0.2, 0.25) is 5.91 Å². The predicted octanol–water partition coefficient (Wildman–Crippen LogP) is 3.67. The zero-order valence-corrected chi connectivity index (χ0v) is 18.7. The molecule has 0 bridgehead atoms. The fourth-order valence-electron chi connectivity index (χ4n) is 4.88. The lowest BCUT2D eigenvalue weighted by atomic mass is 9.85. The third-order valence-corrected chi connectivity index (χ3v) is 7.44. The molecule has 0 radical (unpaired) electrons. The van der Waals surface area contributed by atoms with E-state index in [0.717, 1.165) is 50.4 Å². The summed E-state index contributed by atoms with van der Waals surface area (Å²) in [6.07, 6.45) is 4.04. The topological polar surface area (TPSA) is 50.6 Å². The summed E-state index contributed by atoms with van der Waals surface area (Å²) in [6.45, 7) is 4.74. The van der Waals surface area contributed by atoms with Crippen molar-refractivity contribution in [2.24, 2.45) is 5.41 Å².